The molecule has 0 radical (unpaired) electrons. The molecule has 2 aliphatic heterocycles. The maximum atomic E-state index is 16.8. The topological polar surface area (TPSA) is 79.0 Å². The molecule has 0 amide bonds. The fourth-order valence-corrected chi connectivity index (χ4v) is 8.46. The van der Waals surface area contributed by atoms with Gasteiger partial charge in [-0.15, -0.1) is 0 Å². The number of oxazole rings is 1. The fourth-order valence-electron chi connectivity index (χ4n) is 8.46. The Bertz CT molecular complexity index is 1290. The number of halogens is 1. The molecule has 2 saturated heterocycles. The summed E-state index contributed by atoms with van der Waals surface area (Å²) in [6, 6.07) is 5.83. The number of benzene rings is 1. The molecule has 2 bridgehead atoms. The van der Waals surface area contributed by atoms with Crippen LogP contribution in [0.25, 0.3) is 16.7 Å². The lowest BCUT2D eigenvalue weighted by atomic mass is 9.56. The zero-order valence-corrected chi connectivity index (χ0v) is 20.5. The van der Waals surface area contributed by atoms with Gasteiger partial charge in [0.05, 0.1) is 11.7 Å². The molecule has 2 aromatic rings. The Morgan fingerprint density at radius 1 is 1.17 bits per heavy atom. The van der Waals surface area contributed by atoms with Crippen LogP contribution in [-0.4, -0.2) is 69.3 Å². The van der Waals surface area contributed by atoms with Crippen LogP contribution in [0.15, 0.2) is 46.7 Å². The summed E-state index contributed by atoms with van der Waals surface area (Å²) >= 11 is 0. The van der Waals surface area contributed by atoms with E-state index in [4.69, 9.17) is 9.15 Å². The summed E-state index contributed by atoms with van der Waals surface area (Å²) < 4.78 is 29.3. The van der Waals surface area contributed by atoms with Crippen LogP contribution in [0, 0.1) is 11.3 Å². The summed E-state index contributed by atoms with van der Waals surface area (Å²) in [5.74, 6) is 0.198. The van der Waals surface area contributed by atoms with E-state index in [0.717, 1.165) is 41.5 Å². The Balaban J connectivity index is 1.30. The van der Waals surface area contributed by atoms with Crippen LogP contribution >= 0.6 is 0 Å². The second-order valence-electron chi connectivity index (χ2n) is 12.0. The highest BCUT2D eigenvalue weighted by atomic mass is 19.1. The molecule has 186 valence electrons. The number of aromatic nitrogens is 1. The molecule has 8 atom stereocenters. The zero-order chi connectivity index (χ0) is 24.4. The number of rotatable bonds is 2. The molecule has 5 aliphatic rings. The first kappa shape index (κ1) is 22.2. The number of nitrogens with zero attached hydrogens (tertiary/aromatic N) is 2. The lowest BCUT2D eigenvalue weighted by Gasteiger charge is -2.61. The number of hydrogen-bond acceptors (Lipinski definition) is 6. The Hall–Kier alpha value is -2.06. The minimum absolute atomic E-state index is 0.137. The van der Waals surface area contributed by atoms with Gasteiger partial charge in [0.25, 0.3) is 0 Å². The molecule has 7 heteroatoms. The number of hydrogen-bond donors (Lipinski definition) is 2. The van der Waals surface area contributed by atoms with E-state index in [-0.39, 0.29) is 23.8 Å². The van der Waals surface area contributed by atoms with E-state index in [1.165, 1.54) is 12.0 Å². The smallest absolute Gasteiger partial charge is 0.181 e. The van der Waals surface area contributed by atoms with Crippen LogP contribution in [0.1, 0.15) is 51.0 Å². The van der Waals surface area contributed by atoms with Crippen LogP contribution in [0.4, 0.5) is 4.39 Å². The van der Waals surface area contributed by atoms with Gasteiger partial charge in [0.2, 0.25) is 0 Å². The standard InChI is InChI=1S/C28H33FN2O4/c1-25-9-8-17-13-28(29)24(33)23(32)20(31(2)3)14-26(28)10-11-27(17,35-26)22(25)7-5-18(25)16-4-6-21-19(12-16)30-15-34-21/h4-6,8,12,15,20,22-24,32-33H,7,9-11,13-14H2,1-3H3/t20-,22?,23+,24-,25+,26+,27+,28?/m0/s1. The van der Waals surface area contributed by atoms with E-state index >= 15 is 4.39 Å². The van der Waals surface area contributed by atoms with Crippen LogP contribution in [0.2, 0.25) is 0 Å². The third kappa shape index (κ3) is 2.55. The average Bonchev–Trinajstić information content (AvgIpc) is 3.52. The Morgan fingerprint density at radius 2 is 2.00 bits per heavy atom. The van der Waals surface area contributed by atoms with E-state index in [0.29, 0.717) is 12.8 Å². The lowest BCUT2D eigenvalue weighted by Crippen LogP contribution is -2.73. The number of allylic oxidation sites excluding steroid dienone is 3. The molecule has 2 unspecified atom stereocenters. The van der Waals surface area contributed by atoms with Gasteiger partial charge < -0.3 is 24.3 Å². The quantitative estimate of drug-likeness (QED) is 0.632. The van der Waals surface area contributed by atoms with Crippen molar-refractivity contribution in [3.8, 4) is 0 Å². The van der Waals surface area contributed by atoms with Gasteiger partial charge in [0, 0.05) is 23.8 Å². The summed E-state index contributed by atoms with van der Waals surface area (Å²) in [6.07, 6.45) is 6.87. The zero-order valence-electron chi connectivity index (χ0n) is 20.5. The monoisotopic (exact) mass is 480 g/mol. The summed E-state index contributed by atoms with van der Waals surface area (Å²) in [7, 11) is 3.75. The van der Waals surface area contributed by atoms with E-state index in [9.17, 15) is 10.2 Å². The first-order valence-electron chi connectivity index (χ1n) is 12.8. The van der Waals surface area contributed by atoms with Gasteiger partial charge in [0.1, 0.15) is 17.2 Å². The highest BCUT2D eigenvalue weighted by molar-refractivity contribution is 5.82. The van der Waals surface area contributed by atoms with Crippen molar-refractivity contribution in [1.82, 2.24) is 9.88 Å². The van der Waals surface area contributed by atoms with Gasteiger partial charge in [-0.25, -0.2) is 9.37 Å². The van der Waals surface area contributed by atoms with E-state index in [2.05, 4.69) is 36.2 Å². The number of likely N-dealkylation sites (N-methyl/N-ethyl adjacent to an activating group) is 1. The minimum atomic E-state index is -1.98. The molecule has 35 heavy (non-hydrogen) atoms. The molecule has 1 aromatic heterocycles. The normalized spacial score (nSPS) is 46.3. The molecule has 2 spiro atoms. The molecule has 2 N–H and O–H groups in total. The first-order chi connectivity index (χ1) is 16.6. The number of fused-ring (bicyclic) bond motifs is 2. The van der Waals surface area contributed by atoms with Gasteiger partial charge in [-0.3, -0.25) is 0 Å². The largest absolute Gasteiger partial charge is 0.443 e. The average molecular weight is 481 g/mol. The van der Waals surface area contributed by atoms with Crippen molar-refractivity contribution in [1.29, 1.82) is 0 Å². The van der Waals surface area contributed by atoms with Crippen molar-refractivity contribution in [3.05, 3.63) is 47.9 Å². The van der Waals surface area contributed by atoms with Gasteiger partial charge >= 0.3 is 0 Å². The SMILES string of the molecule is CN(C)[C@H]1C[C@@]23CC[C@@]4(O2)C(=CC[C@]2(C)C(c5ccc6ocnc6c5)=CCC24)CC3(F)[C@@H](O)[C@@H]1O. The highest BCUT2D eigenvalue weighted by Gasteiger charge is 2.76. The van der Waals surface area contributed by atoms with Crippen molar-refractivity contribution in [3.63, 3.8) is 0 Å². The van der Waals surface area contributed by atoms with Crippen LogP contribution in [-0.2, 0) is 4.74 Å². The van der Waals surface area contributed by atoms with Crippen molar-refractivity contribution in [2.45, 2.75) is 80.6 Å². The summed E-state index contributed by atoms with van der Waals surface area (Å²) in [5.41, 5.74) is 1.31. The molecule has 3 heterocycles. The van der Waals surface area contributed by atoms with Gasteiger partial charge in [-0.2, -0.15) is 0 Å². The highest BCUT2D eigenvalue weighted by Crippen LogP contribution is 2.70. The Labute approximate surface area is 204 Å². The van der Waals surface area contributed by atoms with Crippen LogP contribution in [0.3, 0.4) is 0 Å². The predicted molar refractivity (Wildman–Crippen MR) is 129 cm³/mol. The van der Waals surface area contributed by atoms with E-state index < -0.39 is 29.1 Å². The number of aliphatic hydroxyl groups is 2. The second kappa shape index (κ2) is 6.82. The van der Waals surface area contributed by atoms with Crippen molar-refractivity contribution in [2.24, 2.45) is 11.3 Å². The number of alkyl halides is 1. The van der Waals surface area contributed by atoms with Crippen molar-refractivity contribution in [2.75, 3.05) is 14.1 Å². The predicted octanol–water partition coefficient (Wildman–Crippen LogP) is 4.02. The van der Waals surface area contributed by atoms with Crippen LogP contribution < -0.4 is 0 Å². The molecule has 3 fully saturated rings. The third-order valence-electron chi connectivity index (χ3n) is 10.3. The van der Waals surface area contributed by atoms with Crippen molar-refractivity contribution >= 4 is 16.7 Å². The minimum Gasteiger partial charge on any atom is -0.443 e. The maximum Gasteiger partial charge on any atom is 0.181 e. The molecule has 7 rings (SSSR count). The van der Waals surface area contributed by atoms with E-state index in [1.807, 2.05) is 25.1 Å². The number of aliphatic hydroxyl groups excluding tert-OH is 2. The summed E-state index contributed by atoms with van der Waals surface area (Å²) in [4.78, 5) is 6.24. The second-order valence-corrected chi connectivity index (χ2v) is 12.0. The maximum absolute atomic E-state index is 16.8. The van der Waals surface area contributed by atoms with Gasteiger partial charge in [0.15, 0.2) is 17.6 Å². The summed E-state index contributed by atoms with van der Waals surface area (Å²) in [5, 5.41) is 21.9. The Kier molecular flexibility index (Phi) is 4.32. The first-order valence-corrected chi connectivity index (χ1v) is 12.8. The van der Waals surface area contributed by atoms with Crippen molar-refractivity contribution < 1.29 is 23.8 Å². The molecule has 1 aromatic carbocycles. The Morgan fingerprint density at radius 3 is 2.80 bits per heavy atom. The molecule has 1 saturated carbocycles. The number of ether oxygens (including phenoxy) is 1. The van der Waals surface area contributed by atoms with E-state index in [1.54, 1.807) is 0 Å². The third-order valence-corrected chi connectivity index (χ3v) is 10.3. The fraction of sp³-hybridized carbons (Fsp3) is 0.607. The molecule has 3 aliphatic carbocycles. The van der Waals surface area contributed by atoms with Gasteiger partial charge in [-0.05, 0) is 75.0 Å². The molecule has 6 nitrogen and oxygen atoms in total. The summed E-state index contributed by atoms with van der Waals surface area (Å²) in [6.45, 7) is 2.32. The van der Waals surface area contributed by atoms with Gasteiger partial charge in [-0.1, -0.05) is 25.1 Å². The molecular weight excluding hydrogens is 447 g/mol. The van der Waals surface area contributed by atoms with Crippen LogP contribution in [0.5, 0.6) is 0 Å². The lowest BCUT2D eigenvalue weighted by molar-refractivity contribution is -0.282. The molecular formula is C28H33FN2O4.